The van der Waals surface area contributed by atoms with Gasteiger partial charge in [0.1, 0.15) is 0 Å². The molecule has 1 aromatic carbocycles. The van der Waals surface area contributed by atoms with Gasteiger partial charge in [0.2, 0.25) is 0 Å². The molecule has 1 aliphatic rings. The summed E-state index contributed by atoms with van der Waals surface area (Å²) in [6.45, 7) is 0.730. The highest BCUT2D eigenvalue weighted by Gasteiger charge is 2.13. The number of ether oxygens (including phenoxy) is 1. The van der Waals surface area contributed by atoms with Gasteiger partial charge in [-0.3, -0.25) is 4.79 Å². The van der Waals surface area contributed by atoms with Crippen LogP contribution < -0.4 is 0 Å². The number of carbonyl (C=O) groups is 1. The van der Waals surface area contributed by atoms with Crippen LogP contribution in [0.1, 0.15) is 18.4 Å². The first-order valence-electron chi connectivity index (χ1n) is 5.34. The predicted octanol–water partition coefficient (Wildman–Crippen LogP) is 3.26. The molecular formula is C13H13BrO2. The number of ketones is 1. The van der Waals surface area contributed by atoms with Crippen LogP contribution in [0, 0.1) is 0 Å². The van der Waals surface area contributed by atoms with Crippen LogP contribution in [-0.4, -0.2) is 12.4 Å². The summed E-state index contributed by atoms with van der Waals surface area (Å²) in [5.41, 5.74) is 1.84. The summed E-state index contributed by atoms with van der Waals surface area (Å²) >= 11 is 3.40. The van der Waals surface area contributed by atoms with Crippen molar-refractivity contribution in [3.8, 4) is 0 Å². The monoisotopic (exact) mass is 280 g/mol. The summed E-state index contributed by atoms with van der Waals surface area (Å²) in [5.74, 6) is 0.165. The van der Waals surface area contributed by atoms with E-state index in [-0.39, 0.29) is 5.78 Å². The Kier molecular flexibility index (Phi) is 3.78. The molecule has 0 amide bonds. The van der Waals surface area contributed by atoms with Gasteiger partial charge in [-0.2, -0.15) is 0 Å². The molecule has 0 unspecified atom stereocenters. The Labute approximate surface area is 103 Å². The maximum absolute atomic E-state index is 11.9. The SMILES string of the molecule is O=C(Cc1cccc(Br)c1)C1=COCCC1. The minimum absolute atomic E-state index is 0.165. The number of benzene rings is 1. The van der Waals surface area contributed by atoms with E-state index in [2.05, 4.69) is 15.9 Å². The Morgan fingerprint density at radius 2 is 2.31 bits per heavy atom. The van der Waals surface area contributed by atoms with Gasteiger partial charge in [0, 0.05) is 16.5 Å². The van der Waals surface area contributed by atoms with E-state index in [1.165, 1.54) is 0 Å². The van der Waals surface area contributed by atoms with Crippen LogP contribution in [0.15, 0.2) is 40.6 Å². The lowest BCUT2D eigenvalue weighted by Crippen LogP contribution is -2.11. The Hall–Kier alpha value is -1.09. The Bertz CT molecular complexity index is 424. The second kappa shape index (κ2) is 5.30. The Balaban J connectivity index is 2.04. The van der Waals surface area contributed by atoms with Crippen LogP contribution in [-0.2, 0) is 16.0 Å². The van der Waals surface area contributed by atoms with Crippen LogP contribution in [0.4, 0.5) is 0 Å². The van der Waals surface area contributed by atoms with Gasteiger partial charge in [-0.05, 0) is 30.5 Å². The first-order chi connectivity index (χ1) is 7.75. The van der Waals surface area contributed by atoms with Crippen LogP contribution in [0.25, 0.3) is 0 Å². The van der Waals surface area contributed by atoms with E-state index in [1.54, 1.807) is 6.26 Å². The standard InChI is InChI=1S/C13H13BrO2/c14-12-5-1-3-10(7-12)8-13(15)11-4-2-6-16-9-11/h1,3,5,7,9H,2,4,6,8H2. The van der Waals surface area contributed by atoms with Gasteiger partial charge in [0.05, 0.1) is 12.9 Å². The molecule has 2 rings (SSSR count). The molecule has 3 heteroatoms. The maximum atomic E-state index is 11.9. The van der Waals surface area contributed by atoms with Crippen molar-refractivity contribution in [2.24, 2.45) is 0 Å². The molecule has 0 atom stereocenters. The molecule has 0 fully saturated rings. The van der Waals surface area contributed by atoms with Crippen molar-refractivity contribution in [2.45, 2.75) is 19.3 Å². The van der Waals surface area contributed by atoms with Crippen LogP contribution >= 0.6 is 15.9 Å². The summed E-state index contributed by atoms with van der Waals surface area (Å²) in [7, 11) is 0. The highest BCUT2D eigenvalue weighted by atomic mass is 79.9. The van der Waals surface area contributed by atoms with Gasteiger partial charge in [-0.1, -0.05) is 28.1 Å². The van der Waals surface area contributed by atoms with Crippen molar-refractivity contribution in [3.05, 3.63) is 46.1 Å². The third kappa shape index (κ3) is 2.95. The van der Waals surface area contributed by atoms with Gasteiger partial charge < -0.3 is 4.74 Å². The van der Waals surface area contributed by atoms with E-state index in [0.29, 0.717) is 6.42 Å². The smallest absolute Gasteiger partial charge is 0.166 e. The molecule has 0 spiro atoms. The van der Waals surface area contributed by atoms with Gasteiger partial charge in [-0.15, -0.1) is 0 Å². The number of halogens is 1. The molecule has 0 N–H and O–H groups in total. The topological polar surface area (TPSA) is 26.3 Å². The largest absolute Gasteiger partial charge is 0.501 e. The lowest BCUT2D eigenvalue weighted by atomic mass is 10.00. The lowest BCUT2D eigenvalue weighted by Gasteiger charge is -2.12. The van der Waals surface area contributed by atoms with Gasteiger partial charge in [-0.25, -0.2) is 0 Å². The second-order valence-electron chi connectivity index (χ2n) is 3.85. The van der Waals surface area contributed by atoms with E-state index in [1.807, 2.05) is 24.3 Å². The quantitative estimate of drug-likeness (QED) is 0.850. The van der Waals surface area contributed by atoms with Crippen LogP contribution in [0.2, 0.25) is 0 Å². The number of rotatable bonds is 3. The van der Waals surface area contributed by atoms with Crippen molar-refractivity contribution < 1.29 is 9.53 Å². The second-order valence-corrected chi connectivity index (χ2v) is 4.76. The van der Waals surface area contributed by atoms with Crippen molar-refractivity contribution in [3.63, 3.8) is 0 Å². The molecule has 0 aromatic heterocycles. The molecule has 84 valence electrons. The normalized spacial score (nSPS) is 15.2. The van der Waals surface area contributed by atoms with Gasteiger partial charge >= 0.3 is 0 Å². The van der Waals surface area contributed by atoms with Crippen molar-refractivity contribution in [1.29, 1.82) is 0 Å². The molecule has 16 heavy (non-hydrogen) atoms. The van der Waals surface area contributed by atoms with E-state index in [9.17, 15) is 4.79 Å². The molecule has 0 radical (unpaired) electrons. The summed E-state index contributed by atoms with van der Waals surface area (Å²) in [4.78, 5) is 11.9. The predicted molar refractivity (Wildman–Crippen MR) is 66.1 cm³/mol. The number of hydrogen-bond donors (Lipinski definition) is 0. The molecule has 0 saturated heterocycles. The summed E-state index contributed by atoms with van der Waals surface area (Å²) in [6, 6.07) is 7.84. The zero-order valence-corrected chi connectivity index (χ0v) is 10.5. The number of carbonyl (C=O) groups excluding carboxylic acids is 1. The van der Waals surface area contributed by atoms with Crippen molar-refractivity contribution in [1.82, 2.24) is 0 Å². The average Bonchev–Trinajstić information content (AvgIpc) is 2.30. The number of allylic oxidation sites excluding steroid dienone is 1. The zero-order chi connectivity index (χ0) is 11.4. The fraction of sp³-hybridized carbons (Fsp3) is 0.308. The van der Waals surface area contributed by atoms with E-state index >= 15 is 0 Å². The van der Waals surface area contributed by atoms with Crippen molar-refractivity contribution >= 4 is 21.7 Å². The minimum atomic E-state index is 0.165. The first-order valence-corrected chi connectivity index (χ1v) is 6.13. The molecule has 1 aromatic rings. The first kappa shape index (κ1) is 11.4. The average molecular weight is 281 g/mol. The maximum Gasteiger partial charge on any atom is 0.166 e. The third-order valence-corrected chi connectivity index (χ3v) is 3.04. The number of Topliss-reactive ketones (excluding diaryl/α,β-unsaturated/α-hetero) is 1. The molecule has 0 bridgehead atoms. The molecule has 0 saturated carbocycles. The Morgan fingerprint density at radius 1 is 1.44 bits per heavy atom. The lowest BCUT2D eigenvalue weighted by molar-refractivity contribution is -0.115. The van der Waals surface area contributed by atoms with Crippen molar-refractivity contribution in [2.75, 3.05) is 6.61 Å². The fourth-order valence-electron chi connectivity index (χ4n) is 1.72. The molecule has 1 aliphatic heterocycles. The van der Waals surface area contributed by atoms with E-state index < -0.39 is 0 Å². The highest BCUT2D eigenvalue weighted by Crippen LogP contribution is 2.17. The van der Waals surface area contributed by atoms with Gasteiger partial charge in [0.15, 0.2) is 5.78 Å². The summed E-state index contributed by atoms with van der Waals surface area (Å²) in [6.07, 6.45) is 3.85. The fourth-order valence-corrected chi connectivity index (χ4v) is 2.16. The molecule has 1 heterocycles. The molecule has 2 nitrogen and oxygen atoms in total. The number of hydrogen-bond acceptors (Lipinski definition) is 2. The summed E-state index contributed by atoms with van der Waals surface area (Å²) in [5, 5.41) is 0. The third-order valence-electron chi connectivity index (χ3n) is 2.55. The highest BCUT2D eigenvalue weighted by molar-refractivity contribution is 9.10. The summed E-state index contributed by atoms with van der Waals surface area (Å²) < 4.78 is 6.18. The Morgan fingerprint density at radius 3 is 3.00 bits per heavy atom. The zero-order valence-electron chi connectivity index (χ0n) is 8.91. The van der Waals surface area contributed by atoms with E-state index in [4.69, 9.17) is 4.74 Å². The van der Waals surface area contributed by atoms with Crippen LogP contribution in [0.5, 0.6) is 0 Å². The minimum Gasteiger partial charge on any atom is -0.501 e. The molecular weight excluding hydrogens is 268 g/mol. The van der Waals surface area contributed by atoms with Gasteiger partial charge in [0.25, 0.3) is 0 Å². The molecule has 0 aliphatic carbocycles. The van der Waals surface area contributed by atoms with E-state index in [0.717, 1.165) is 35.1 Å². The van der Waals surface area contributed by atoms with Crippen LogP contribution in [0.3, 0.4) is 0 Å².